The highest BCUT2D eigenvalue weighted by atomic mass is 31.1. The molecule has 0 aliphatic rings. The van der Waals surface area contributed by atoms with Crippen molar-refractivity contribution in [2.75, 3.05) is 37.6 Å². The normalized spacial score (nSPS) is 12.1. The summed E-state index contributed by atoms with van der Waals surface area (Å²) < 4.78 is 61.1. The Morgan fingerprint density at radius 3 is 2.57 bits per heavy atom. The number of amides is 1. The van der Waals surface area contributed by atoms with Gasteiger partial charge in [0.25, 0.3) is 5.91 Å². The number of carbonyl (C=O) groups excluding carboxylic acids is 1. The zero-order valence-electron chi connectivity index (χ0n) is 24.2. The fraction of sp³-hybridized carbons (Fsp3) is 0.321. The summed E-state index contributed by atoms with van der Waals surface area (Å²) in [7, 11) is 1.04. The second-order valence-electron chi connectivity index (χ2n) is 9.55. The molecule has 3 aromatic heterocycles. The number of nitrogens with one attached hydrogen (secondary N) is 3. The minimum Gasteiger partial charge on any atom is -0.495 e. The lowest BCUT2D eigenvalue weighted by Crippen LogP contribution is -2.21. The number of halogens is 3. The lowest BCUT2D eigenvalue weighted by atomic mass is 10.1. The Balaban J connectivity index is 1.68. The van der Waals surface area contributed by atoms with Crippen LogP contribution < -0.4 is 20.7 Å². The average molecular weight is 633 g/mol. The molecule has 3 heterocycles. The Hall–Kier alpha value is -4.49. The van der Waals surface area contributed by atoms with E-state index in [-0.39, 0.29) is 23.9 Å². The Morgan fingerprint density at radius 2 is 1.89 bits per heavy atom. The van der Waals surface area contributed by atoms with Crippen LogP contribution in [0.15, 0.2) is 48.9 Å². The van der Waals surface area contributed by atoms with E-state index in [1.54, 1.807) is 29.1 Å². The number of anilines is 4. The maximum atomic E-state index is 14.0. The Labute approximate surface area is 251 Å². The number of aliphatic hydroxyl groups excluding tert-OH is 1. The minimum absolute atomic E-state index is 0.00243. The first kappa shape index (κ1) is 32.4. The van der Waals surface area contributed by atoms with Gasteiger partial charge in [0, 0.05) is 44.3 Å². The molecule has 0 aliphatic carbocycles. The number of pyridine rings is 1. The van der Waals surface area contributed by atoms with Crippen molar-refractivity contribution in [3.8, 4) is 17.0 Å². The molecule has 0 saturated carbocycles. The van der Waals surface area contributed by atoms with Crippen molar-refractivity contribution in [1.29, 1.82) is 0 Å². The smallest absolute Gasteiger partial charge is 0.421 e. The molecule has 0 bridgehead atoms. The molecule has 4 N–H and O–H groups in total. The number of rotatable bonds is 13. The minimum atomic E-state index is -4.82. The van der Waals surface area contributed by atoms with Gasteiger partial charge in [0.05, 0.1) is 38.2 Å². The van der Waals surface area contributed by atoms with Crippen LogP contribution in [0.25, 0.3) is 11.3 Å². The van der Waals surface area contributed by atoms with Crippen molar-refractivity contribution in [2.24, 2.45) is 0 Å². The van der Waals surface area contributed by atoms with Crippen molar-refractivity contribution >= 4 is 36.8 Å². The number of methoxy groups -OCH3 is 1. The van der Waals surface area contributed by atoms with Crippen LogP contribution in [-0.2, 0) is 23.4 Å². The lowest BCUT2D eigenvalue weighted by Gasteiger charge is -2.17. The van der Waals surface area contributed by atoms with Crippen LogP contribution in [0, 0.1) is 0 Å². The summed E-state index contributed by atoms with van der Waals surface area (Å²) in [5, 5.41) is 21.2. The van der Waals surface area contributed by atoms with E-state index in [1.165, 1.54) is 32.5 Å². The van der Waals surface area contributed by atoms with Gasteiger partial charge in [0.2, 0.25) is 5.95 Å². The summed E-state index contributed by atoms with van der Waals surface area (Å²) >= 11 is 0. The molecule has 44 heavy (non-hydrogen) atoms. The SMILES string of the molecule is CC[PH](=O)Cc1ccc(Nc2ncc(C(F)(F)F)c(Nc3ccc(-c4cnn(CCCO)c4)nc3C(=O)NC)n2)c(OC)c1. The largest absolute Gasteiger partial charge is 0.495 e. The van der Waals surface area contributed by atoms with Gasteiger partial charge in [-0.05, 0) is 42.4 Å². The van der Waals surface area contributed by atoms with Crippen molar-refractivity contribution in [1.82, 2.24) is 30.0 Å². The molecule has 16 heteroatoms. The van der Waals surface area contributed by atoms with Gasteiger partial charge in [-0.1, -0.05) is 13.0 Å². The monoisotopic (exact) mass is 632 g/mol. The molecular formula is C28H32F3N8O4P. The summed E-state index contributed by atoms with van der Waals surface area (Å²) in [4.78, 5) is 25.1. The molecule has 1 unspecified atom stereocenters. The first-order chi connectivity index (χ1) is 21.1. The number of benzene rings is 1. The molecule has 0 radical (unpaired) electrons. The van der Waals surface area contributed by atoms with Crippen molar-refractivity contribution in [3.05, 3.63) is 65.7 Å². The van der Waals surface area contributed by atoms with Gasteiger partial charge in [0.1, 0.15) is 17.1 Å². The number of hydrogen-bond donors (Lipinski definition) is 4. The first-order valence-electron chi connectivity index (χ1n) is 13.6. The third-order valence-corrected chi connectivity index (χ3v) is 8.06. The quantitative estimate of drug-likeness (QED) is 0.147. The Kier molecular flexibility index (Phi) is 10.6. The fourth-order valence-corrected chi connectivity index (χ4v) is 5.08. The molecule has 1 amide bonds. The molecule has 1 atom stereocenters. The number of carbonyl (C=O) groups is 1. The van der Waals surface area contributed by atoms with Crippen LogP contribution in [0.5, 0.6) is 5.75 Å². The van der Waals surface area contributed by atoms with Crippen molar-refractivity contribution in [3.63, 3.8) is 0 Å². The molecule has 12 nitrogen and oxygen atoms in total. The average Bonchev–Trinajstić information content (AvgIpc) is 3.49. The van der Waals surface area contributed by atoms with Gasteiger partial charge < -0.3 is 30.4 Å². The molecule has 4 rings (SSSR count). The first-order valence-corrected chi connectivity index (χ1v) is 15.4. The fourth-order valence-electron chi connectivity index (χ4n) is 4.16. The summed E-state index contributed by atoms with van der Waals surface area (Å²) in [5.74, 6) is -1.05. The number of aryl methyl sites for hydroxylation is 1. The highest BCUT2D eigenvalue weighted by Gasteiger charge is 2.36. The highest BCUT2D eigenvalue weighted by molar-refractivity contribution is 7.43. The summed E-state index contributed by atoms with van der Waals surface area (Å²) in [6, 6.07) is 8.05. The molecule has 234 valence electrons. The maximum Gasteiger partial charge on any atom is 0.421 e. The van der Waals surface area contributed by atoms with Crippen molar-refractivity contribution < 1.29 is 32.4 Å². The van der Waals surface area contributed by atoms with E-state index in [0.717, 1.165) is 5.56 Å². The number of aromatic nitrogens is 5. The van der Waals surface area contributed by atoms with Gasteiger partial charge in [0.15, 0.2) is 5.69 Å². The van der Waals surface area contributed by atoms with E-state index in [2.05, 4.69) is 36.0 Å². The second-order valence-corrected chi connectivity index (χ2v) is 11.7. The number of alkyl halides is 3. The third-order valence-electron chi connectivity index (χ3n) is 6.47. The van der Waals surface area contributed by atoms with E-state index < -0.39 is 31.3 Å². The van der Waals surface area contributed by atoms with Gasteiger partial charge in [-0.15, -0.1) is 0 Å². The van der Waals surface area contributed by atoms with E-state index in [0.29, 0.717) is 54.2 Å². The highest BCUT2D eigenvalue weighted by Crippen LogP contribution is 2.37. The van der Waals surface area contributed by atoms with E-state index in [1.807, 2.05) is 6.92 Å². The topological polar surface area (TPSA) is 156 Å². The molecule has 0 aliphatic heterocycles. The molecular weight excluding hydrogens is 600 g/mol. The maximum absolute atomic E-state index is 14.0. The van der Waals surface area contributed by atoms with E-state index >= 15 is 0 Å². The molecule has 0 spiro atoms. The molecule has 0 fully saturated rings. The van der Waals surface area contributed by atoms with Gasteiger partial charge >= 0.3 is 6.18 Å². The van der Waals surface area contributed by atoms with Gasteiger partial charge in [-0.2, -0.15) is 23.3 Å². The Morgan fingerprint density at radius 1 is 1.11 bits per heavy atom. The Bertz CT molecular complexity index is 1650. The van der Waals surface area contributed by atoms with Crippen LogP contribution in [-0.4, -0.2) is 62.7 Å². The second kappa shape index (κ2) is 14.3. The summed E-state index contributed by atoms with van der Waals surface area (Å²) in [6.45, 7) is 2.32. The third kappa shape index (κ3) is 7.91. The predicted molar refractivity (Wildman–Crippen MR) is 160 cm³/mol. The summed E-state index contributed by atoms with van der Waals surface area (Å²) in [6.07, 6.45) is 0.504. The van der Waals surface area contributed by atoms with Crippen LogP contribution in [0.2, 0.25) is 0 Å². The summed E-state index contributed by atoms with van der Waals surface area (Å²) in [5.41, 5.74) is 0.768. The molecule has 0 saturated heterocycles. The van der Waals surface area contributed by atoms with Gasteiger partial charge in [-0.3, -0.25) is 9.48 Å². The zero-order valence-corrected chi connectivity index (χ0v) is 25.2. The number of hydrogen-bond acceptors (Lipinski definition) is 10. The molecule has 1 aromatic carbocycles. The predicted octanol–water partition coefficient (Wildman–Crippen LogP) is 5.07. The van der Waals surface area contributed by atoms with Crippen LogP contribution in [0.4, 0.5) is 36.3 Å². The lowest BCUT2D eigenvalue weighted by molar-refractivity contribution is -0.137. The number of aliphatic hydroxyl groups is 1. The number of nitrogens with zero attached hydrogens (tertiary/aromatic N) is 5. The molecule has 4 aromatic rings. The van der Waals surface area contributed by atoms with E-state index in [9.17, 15) is 22.5 Å². The standard InChI is InChI=1S/C28H32F3N8O4P/c1-4-44(42)16-17-6-7-21(23(12-17)43-3)37-27-33-14-19(28(29,30)31)25(38-27)36-22-9-8-20(35-24(22)26(41)32-2)18-13-34-39(15-18)10-5-11-40/h6-9,12-15,40,44H,4-5,10-11,16H2,1-3H3,(H,32,41)(H2,33,36,37,38). The van der Waals surface area contributed by atoms with E-state index in [4.69, 9.17) is 9.84 Å². The zero-order chi connectivity index (χ0) is 31.9. The van der Waals surface area contributed by atoms with Crippen LogP contribution in [0.3, 0.4) is 0 Å². The van der Waals surface area contributed by atoms with Crippen molar-refractivity contribution in [2.45, 2.75) is 32.2 Å². The van der Waals surface area contributed by atoms with Crippen LogP contribution >= 0.6 is 7.80 Å². The van der Waals surface area contributed by atoms with Gasteiger partial charge in [-0.25, -0.2) is 9.97 Å². The number of ether oxygens (including phenoxy) is 1. The van der Waals surface area contributed by atoms with Crippen LogP contribution in [0.1, 0.15) is 35.0 Å².